The summed E-state index contributed by atoms with van der Waals surface area (Å²) in [6.45, 7) is 6.91. The van der Waals surface area contributed by atoms with Gasteiger partial charge in [-0.05, 0) is 33.2 Å². The number of anilines is 1. The normalized spacial score (nSPS) is 16.5. The zero-order chi connectivity index (χ0) is 28.8. The second kappa shape index (κ2) is 16.2. The molecule has 15 nitrogen and oxygen atoms in total. The van der Waals surface area contributed by atoms with Crippen LogP contribution in [-0.4, -0.2) is 131 Å². The van der Waals surface area contributed by atoms with Crippen molar-refractivity contribution in [3.8, 4) is 17.5 Å². The van der Waals surface area contributed by atoms with Crippen LogP contribution in [0.4, 0.5) is 5.82 Å². The molecule has 0 aliphatic carbocycles. The van der Waals surface area contributed by atoms with Crippen LogP contribution in [0.5, 0.6) is 17.5 Å². The number of nitrogens with one attached hydrogen (secondary N) is 1. The Balaban J connectivity index is 0.000000455. The summed E-state index contributed by atoms with van der Waals surface area (Å²) < 4.78 is 17.4. The Hall–Kier alpha value is -3.79. The number of ether oxygens (including phenoxy) is 3. The largest absolute Gasteiger partial charge is 0.484 e. The number of carboxylic acids is 2. The molecule has 0 amide bonds. The summed E-state index contributed by atoms with van der Waals surface area (Å²) in [4.78, 5) is 36.9. The maximum Gasteiger partial charge on any atom is 0.335 e. The number of nitrogens with zero attached hydrogens (tertiary/aromatic N) is 5. The fourth-order valence-electron chi connectivity index (χ4n) is 3.25. The molecule has 1 aliphatic rings. The van der Waals surface area contributed by atoms with E-state index in [1.807, 2.05) is 26.2 Å². The molecule has 2 aromatic rings. The first-order chi connectivity index (χ1) is 18.6. The minimum Gasteiger partial charge on any atom is -0.484 e. The molecule has 1 saturated heterocycles. The Bertz CT molecular complexity index is 1030. The van der Waals surface area contributed by atoms with Crippen molar-refractivity contribution < 1.29 is 44.2 Å². The molecule has 1 aliphatic heterocycles. The summed E-state index contributed by atoms with van der Waals surface area (Å²) in [7, 11) is 4.00. The van der Waals surface area contributed by atoms with Gasteiger partial charge in [-0.2, -0.15) is 0 Å². The van der Waals surface area contributed by atoms with Gasteiger partial charge in [-0.25, -0.2) is 24.5 Å². The average Bonchev–Trinajstić information content (AvgIpc) is 2.91. The first-order valence-corrected chi connectivity index (χ1v) is 12.2. The molecule has 3 heterocycles. The number of aliphatic carboxylic acids is 2. The molecule has 0 unspecified atom stereocenters. The van der Waals surface area contributed by atoms with E-state index in [-0.39, 0.29) is 0 Å². The molecule has 0 spiro atoms. The minimum absolute atomic E-state index is 0.330. The number of likely N-dealkylation sites (N-methyl/N-ethyl adjacent to an activating group) is 1. The van der Waals surface area contributed by atoms with Crippen LogP contribution in [-0.2, 0) is 9.59 Å². The molecule has 39 heavy (non-hydrogen) atoms. The van der Waals surface area contributed by atoms with Gasteiger partial charge in [-0.3, -0.25) is 0 Å². The van der Waals surface area contributed by atoms with E-state index in [4.69, 9.17) is 34.6 Å². The third-order valence-corrected chi connectivity index (χ3v) is 5.32. The highest BCUT2D eigenvalue weighted by Gasteiger charge is 2.29. The molecule has 1 fully saturated rings. The Kier molecular flexibility index (Phi) is 13.1. The second-order valence-corrected chi connectivity index (χ2v) is 8.65. The minimum atomic E-state index is -2.27. The van der Waals surface area contributed by atoms with Crippen LogP contribution in [0.3, 0.4) is 0 Å². The lowest BCUT2D eigenvalue weighted by Crippen LogP contribution is -2.50. The summed E-state index contributed by atoms with van der Waals surface area (Å²) in [5.41, 5.74) is 0. The highest BCUT2D eigenvalue weighted by molar-refractivity contribution is 5.83. The molecular weight excluding hydrogens is 516 g/mol. The van der Waals surface area contributed by atoms with Gasteiger partial charge < -0.3 is 49.8 Å². The summed E-state index contributed by atoms with van der Waals surface area (Å²) >= 11 is 0. The van der Waals surface area contributed by atoms with Gasteiger partial charge in [-0.1, -0.05) is 0 Å². The number of piperazine rings is 1. The molecule has 0 aromatic carbocycles. The van der Waals surface area contributed by atoms with Gasteiger partial charge in [0.1, 0.15) is 19.8 Å². The fourth-order valence-corrected chi connectivity index (χ4v) is 3.25. The highest BCUT2D eigenvalue weighted by atomic mass is 16.5. The van der Waals surface area contributed by atoms with E-state index in [2.05, 4.69) is 37.0 Å². The summed E-state index contributed by atoms with van der Waals surface area (Å²) in [6, 6.07) is 3.99. The Labute approximate surface area is 226 Å². The van der Waals surface area contributed by atoms with Crippen molar-refractivity contribution in [1.82, 2.24) is 25.2 Å². The molecule has 0 radical (unpaired) electrons. The van der Waals surface area contributed by atoms with Crippen molar-refractivity contribution in [2.45, 2.75) is 25.2 Å². The van der Waals surface area contributed by atoms with Crippen LogP contribution in [0.1, 0.15) is 6.92 Å². The molecular formula is C24H36N6O9. The monoisotopic (exact) mass is 552 g/mol. The van der Waals surface area contributed by atoms with E-state index in [1.165, 1.54) is 0 Å². The van der Waals surface area contributed by atoms with Crippen molar-refractivity contribution in [1.29, 1.82) is 0 Å². The number of carbonyl (C=O) groups is 2. The van der Waals surface area contributed by atoms with Crippen LogP contribution in [0, 0.1) is 0 Å². The maximum absolute atomic E-state index is 9.77. The van der Waals surface area contributed by atoms with E-state index in [1.54, 1.807) is 18.6 Å². The molecule has 0 saturated carbocycles. The van der Waals surface area contributed by atoms with Crippen molar-refractivity contribution >= 4 is 17.8 Å². The lowest BCUT2D eigenvalue weighted by Gasteiger charge is -2.35. The van der Waals surface area contributed by atoms with Gasteiger partial charge >= 0.3 is 11.9 Å². The van der Waals surface area contributed by atoms with Gasteiger partial charge in [-0.15, -0.1) is 0 Å². The van der Waals surface area contributed by atoms with Gasteiger partial charge in [0.2, 0.25) is 0 Å². The first kappa shape index (κ1) is 31.4. The number of aromatic nitrogens is 3. The average molecular weight is 553 g/mol. The van der Waals surface area contributed by atoms with Crippen LogP contribution < -0.4 is 24.4 Å². The first-order valence-electron chi connectivity index (χ1n) is 12.2. The van der Waals surface area contributed by atoms with Crippen LogP contribution in [0.15, 0.2) is 30.7 Å². The van der Waals surface area contributed by atoms with E-state index in [0.29, 0.717) is 43.4 Å². The molecule has 2 aromatic heterocycles. The lowest BCUT2D eigenvalue weighted by atomic mass is 10.2. The third-order valence-electron chi connectivity index (χ3n) is 5.32. The molecule has 5 N–H and O–H groups in total. The number of rotatable bonds is 13. The number of aliphatic hydroxyl groups is 2. The molecule has 3 atom stereocenters. The number of hydrogen-bond donors (Lipinski definition) is 5. The number of aliphatic hydroxyl groups excluding tert-OH is 2. The third kappa shape index (κ3) is 10.5. The molecule has 15 heteroatoms. The number of pyridine rings is 1. The van der Waals surface area contributed by atoms with Crippen molar-refractivity contribution in [3.05, 3.63) is 30.7 Å². The standard InChI is InChI=1S/C20H30N6O3.C4H6O6/c1-16-15-21-9-10-26(16)18-20(24-8-7-22-18)29-14-13-27-17-5-4-6-23-19(17)28-12-11-25(2)3;5-1(3(7)8)2(6)4(9)10/h4-8,16,21H,9-15H2,1-3H3;1-2,5-6H,(H,7,8)(H,9,10)/t16-;1-,2-/m10/s1. The van der Waals surface area contributed by atoms with E-state index in [0.717, 1.165) is 32.0 Å². The fraction of sp³-hybridized carbons (Fsp3) is 0.542. The van der Waals surface area contributed by atoms with Crippen molar-refractivity contribution in [3.63, 3.8) is 0 Å². The SMILES string of the molecule is C[C@@H]1CNCCN1c1nccnc1OCCOc1cccnc1OCCN(C)C.O=C(O)[C@@H](O)[C@H](O)C(=O)O. The zero-order valence-electron chi connectivity index (χ0n) is 22.1. The Morgan fingerprint density at radius 2 is 1.62 bits per heavy atom. The zero-order valence-corrected chi connectivity index (χ0v) is 22.1. The maximum atomic E-state index is 9.77. The molecule has 216 valence electrons. The van der Waals surface area contributed by atoms with Crippen LogP contribution in [0.2, 0.25) is 0 Å². The lowest BCUT2D eigenvalue weighted by molar-refractivity contribution is -0.165. The van der Waals surface area contributed by atoms with E-state index in [9.17, 15) is 9.59 Å². The summed E-state index contributed by atoms with van der Waals surface area (Å²) in [6.07, 6.45) is 0.495. The predicted molar refractivity (Wildman–Crippen MR) is 138 cm³/mol. The van der Waals surface area contributed by atoms with Gasteiger partial charge in [0, 0.05) is 50.8 Å². The number of carboxylic acid groups (broad SMARTS) is 2. The van der Waals surface area contributed by atoms with E-state index >= 15 is 0 Å². The highest BCUT2D eigenvalue weighted by Crippen LogP contribution is 2.26. The molecule has 3 rings (SSSR count). The van der Waals surface area contributed by atoms with Crippen LogP contribution >= 0.6 is 0 Å². The van der Waals surface area contributed by atoms with Gasteiger partial charge in [0.25, 0.3) is 11.8 Å². The Morgan fingerprint density at radius 1 is 1.00 bits per heavy atom. The topological polar surface area (TPSA) is 200 Å². The summed E-state index contributed by atoms with van der Waals surface area (Å²) in [5, 5.41) is 35.9. The Morgan fingerprint density at radius 3 is 2.26 bits per heavy atom. The molecule has 0 bridgehead atoms. The van der Waals surface area contributed by atoms with Crippen molar-refractivity contribution in [2.75, 3.05) is 65.0 Å². The smallest absolute Gasteiger partial charge is 0.335 e. The second-order valence-electron chi connectivity index (χ2n) is 8.65. The van der Waals surface area contributed by atoms with E-state index < -0.39 is 24.1 Å². The van der Waals surface area contributed by atoms with Crippen LogP contribution in [0.25, 0.3) is 0 Å². The van der Waals surface area contributed by atoms with Gasteiger partial charge in [0.15, 0.2) is 23.8 Å². The quantitative estimate of drug-likeness (QED) is 0.188. The number of hydrogen-bond acceptors (Lipinski definition) is 13. The van der Waals surface area contributed by atoms with Crippen molar-refractivity contribution in [2.24, 2.45) is 0 Å². The van der Waals surface area contributed by atoms with Gasteiger partial charge in [0.05, 0.1) is 0 Å². The predicted octanol–water partition coefficient (Wildman–Crippen LogP) is -1.05. The summed E-state index contributed by atoms with van der Waals surface area (Å²) in [5.74, 6) is -1.15.